The smallest absolute Gasteiger partial charge is 0.337 e. The molecule has 0 N–H and O–H groups in total. The molecule has 2 aliphatic rings. The molecule has 1 aromatic rings. The number of hydrogen-bond acceptors (Lipinski definition) is 5. The molecular formula is C15H16N2O4S. The van der Waals surface area contributed by atoms with E-state index in [9.17, 15) is 14.4 Å². The second-order valence-electron chi connectivity index (χ2n) is 5.26. The molecule has 2 aliphatic heterocycles. The highest BCUT2D eigenvalue weighted by molar-refractivity contribution is 7.99. The molecular weight excluding hydrogens is 304 g/mol. The lowest BCUT2D eigenvalue weighted by atomic mass is 10.1. The van der Waals surface area contributed by atoms with E-state index in [1.54, 1.807) is 45.8 Å². The number of esters is 1. The van der Waals surface area contributed by atoms with Gasteiger partial charge >= 0.3 is 5.97 Å². The first-order valence-electron chi connectivity index (χ1n) is 6.93. The molecule has 2 fully saturated rings. The summed E-state index contributed by atoms with van der Waals surface area (Å²) in [4.78, 5) is 39.1. The van der Waals surface area contributed by atoms with Gasteiger partial charge in [-0.3, -0.25) is 9.59 Å². The number of methoxy groups -OCH3 is 1. The van der Waals surface area contributed by atoms with E-state index in [1.807, 2.05) is 0 Å². The van der Waals surface area contributed by atoms with Crippen LogP contribution in [0.5, 0.6) is 0 Å². The monoisotopic (exact) mass is 320 g/mol. The number of rotatable bonds is 3. The summed E-state index contributed by atoms with van der Waals surface area (Å²) in [7, 11) is 1.33. The molecule has 2 saturated heterocycles. The molecule has 0 unspecified atom stereocenters. The van der Waals surface area contributed by atoms with E-state index in [1.165, 1.54) is 7.11 Å². The summed E-state index contributed by atoms with van der Waals surface area (Å²) < 4.78 is 4.65. The van der Waals surface area contributed by atoms with Crippen LogP contribution in [0, 0.1) is 0 Å². The van der Waals surface area contributed by atoms with Crippen LogP contribution in [-0.4, -0.2) is 58.9 Å². The summed E-state index contributed by atoms with van der Waals surface area (Å²) in [5.41, 5.74) is 1.35. The molecule has 3 rings (SSSR count). The number of ether oxygens (including phenoxy) is 1. The minimum atomic E-state index is -0.394. The zero-order valence-corrected chi connectivity index (χ0v) is 13.0. The average molecular weight is 320 g/mol. The average Bonchev–Trinajstić information content (AvgIpc) is 3.03. The van der Waals surface area contributed by atoms with Crippen molar-refractivity contribution in [1.82, 2.24) is 9.80 Å². The van der Waals surface area contributed by atoms with Crippen molar-refractivity contribution in [2.24, 2.45) is 0 Å². The van der Waals surface area contributed by atoms with E-state index in [2.05, 4.69) is 4.74 Å². The highest BCUT2D eigenvalue weighted by Crippen LogP contribution is 2.26. The molecule has 0 bridgehead atoms. The zero-order valence-electron chi connectivity index (χ0n) is 12.2. The van der Waals surface area contributed by atoms with E-state index < -0.39 is 5.97 Å². The van der Waals surface area contributed by atoms with Gasteiger partial charge in [0.1, 0.15) is 12.6 Å². The van der Waals surface area contributed by atoms with Crippen molar-refractivity contribution >= 4 is 29.5 Å². The summed E-state index contributed by atoms with van der Waals surface area (Å²) in [6.45, 7) is 0.496. The number of fused-ring (bicyclic) bond motifs is 1. The number of piperazine rings is 1. The molecule has 7 heteroatoms. The van der Waals surface area contributed by atoms with Crippen molar-refractivity contribution in [2.75, 3.05) is 25.3 Å². The Morgan fingerprint density at radius 2 is 2.05 bits per heavy atom. The molecule has 0 aliphatic carbocycles. The van der Waals surface area contributed by atoms with Crippen LogP contribution < -0.4 is 0 Å². The minimum Gasteiger partial charge on any atom is -0.465 e. The number of carbonyl (C=O) groups excluding carboxylic acids is 3. The maximum Gasteiger partial charge on any atom is 0.337 e. The molecule has 2 amide bonds. The Bertz CT molecular complexity index is 616. The van der Waals surface area contributed by atoms with Crippen LogP contribution in [0.2, 0.25) is 0 Å². The number of benzene rings is 1. The summed E-state index contributed by atoms with van der Waals surface area (Å²) >= 11 is 1.61. The molecule has 1 aromatic carbocycles. The van der Waals surface area contributed by atoms with Crippen LogP contribution >= 0.6 is 11.8 Å². The number of thioether (sulfide) groups is 1. The van der Waals surface area contributed by atoms with Crippen molar-refractivity contribution in [3.63, 3.8) is 0 Å². The standard InChI is InChI=1S/C15H16N2O4S/c1-21-15(20)11-4-2-10(3-5-11)6-16-7-13(18)17-9-22-8-12(17)14(16)19/h2-5,12H,6-9H2,1H3/t12-/m0/s1. The van der Waals surface area contributed by atoms with Gasteiger partial charge in [0.05, 0.1) is 18.6 Å². The molecule has 2 heterocycles. The predicted octanol–water partition coefficient (Wildman–Crippen LogP) is 0.717. The van der Waals surface area contributed by atoms with E-state index in [4.69, 9.17) is 0 Å². The fourth-order valence-corrected chi connectivity index (χ4v) is 3.83. The van der Waals surface area contributed by atoms with E-state index in [0.29, 0.717) is 23.7 Å². The maximum atomic E-state index is 12.4. The Hall–Kier alpha value is -2.02. The minimum absolute atomic E-state index is 0.000723. The van der Waals surface area contributed by atoms with Gasteiger partial charge in [-0.25, -0.2) is 4.79 Å². The number of carbonyl (C=O) groups is 3. The van der Waals surface area contributed by atoms with Crippen LogP contribution in [0.25, 0.3) is 0 Å². The lowest BCUT2D eigenvalue weighted by Gasteiger charge is -2.35. The Labute approximate surface area is 132 Å². The van der Waals surface area contributed by atoms with Gasteiger partial charge in [-0.05, 0) is 17.7 Å². The Morgan fingerprint density at radius 3 is 2.73 bits per heavy atom. The Morgan fingerprint density at radius 1 is 1.32 bits per heavy atom. The summed E-state index contributed by atoms with van der Waals surface area (Å²) in [5.74, 6) is 0.885. The maximum absolute atomic E-state index is 12.4. The topological polar surface area (TPSA) is 66.9 Å². The highest BCUT2D eigenvalue weighted by Gasteiger charge is 2.42. The van der Waals surface area contributed by atoms with Gasteiger partial charge in [-0.1, -0.05) is 12.1 Å². The van der Waals surface area contributed by atoms with Crippen LogP contribution in [0.15, 0.2) is 24.3 Å². The quantitative estimate of drug-likeness (QED) is 0.768. The number of hydrogen-bond donors (Lipinski definition) is 0. The Kier molecular flexibility index (Phi) is 4.06. The zero-order chi connectivity index (χ0) is 15.7. The van der Waals surface area contributed by atoms with Crippen molar-refractivity contribution in [2.45, 2.75) is 12.6 Å². The van der Waals surface area contributed by atoms with Crippen molar-refractivity contribution in [3.05, 3.63) is 35.4 Å². The van der Waals surface area contributed by atoms with Gasteiger partial charge in [0.15, 0.2) is 0 Å². The molecule has 0 saturated carbocycles. The Balaban J connectivity index is 1.71. The lowest BCUT2D eigenvalue weighted by Crippen LogP contribution is -2.57. The third-order valence-corrected chi connectivity index (χ3v) is 4.89. The van der Waals surface area contributed by atoms with Crippen LogP contribution in [0.1, 0.15) is 15.9 Å². The van der Waals surface area contributed by atoms with Crippen molar-refractivity contribution in [1.29, 1.82) is 0 Å². The van der Waals surface area contributed by atoms with E-state index in [-0.39, 0.29) is 24.4 Å². The second-order valence-corrected chi connectivity index (χ2v) is 6.26. The second kappa shape index (κ2) is 6.00. The predicted molar refractivity (Wildman–Crippen MR) is 81.2 cm³/mol. The van der Waals surface area contributed by atoms with Crippen molar-refractivity contribution in [3.8, 4) is 0 Å². The van der Waals surface area contributed by atoms with E-state index in [0.717, 1.165) is 5.56 Å². The molecule has 0 radical (unpaired) electrons. The molecule has 1 atom stereocenters. The highest BCUT2D eigenvalue weighted by atomic mass is 32.2. The first kappa shape index (κ1) is 14.9. The summed E-state index contributed by atoms with van der Waals surface area (Å²) in [5, 5.41) is 0. The van der Waals surface area contributed by atoms with Gasteiger partial charge in [-0.2, -0.15) is 0 Å². The first-order chi connectivity index (χ1) is 10.6. The molecule has 22 heavy (non-hydrogen) atoms. The molecule has 116 valence electrons. The van der Waals surface area contributed by atoms with Crippen molar-refractivity contribution < 1.29 is 19.1 Å². The lowest BCUT2D eigenvalue weighted by molar-refractivity contribution is -0.153. The molecule has 0 aromatic heterocycles. The van der Waals surface area contributed by atoms with Gasteiger partial charge in [0.25, 0.3) is 0 Å². The third-order valence-electron chi connectivity index (χ3n) is 3.87. The molecule has 0 spiro atoms. The largest absolute Gasteiger partial charge is 0.465 e. The summed E-state index contributed by atoms with van der Waals surface area (Å²) in [6, 6.07) is 6.56. The third kappa shape index (κ3) is 2.68. The normalized spacial score (nSPS) is 21.0. The molecule has 6 nitrogen and oxygen atoms in total. The van der Waals surface area contributed by atoms with Gasteiger partial charge in [-0.15, -0.1) is 11.8 Å². The van der Waals surface area contributed by atoms with Crippen LogP contribution in [-0.2, 0) is 20.9 Å². The summed E-state index contributed by atoms with van der Waals surface area (Å²) in [6.07, 6.45) is 0. The van der Waals surface area contributed by atoms with Gasteiger partial charge < -0.3 is 14.5 Å². The fraction of sp³-hybridized carbons (Fsp3) is 0.400. The van der Waals surface area contributed by atoms with Gasteiger partial charge in [0.2, 0.25) is 11.8 Å². The van der Waals surface area contributed by atoms with Gasteiger partial charge in [0, 0.05) is 12.3 Å². The van der Waals surface area contributed by atoms with E-state index >= 15 is 0 Å². The SMILES string of the molecule is COC(=O)c1ccc(CN2CC(=O)N3CSC[C@H]3C2=O)cc1. The fourth-order valence-electron chi connectivity index (χ4n) is 2.65. The number of amides is 2. The van der Waals surface area contributed by atoms with Crippen LogP contribution in [0.3, 0.4) is 0 Å². The first-order valence-corrected chi connectivity index (χ1v) is 8.09. The number of nitrogens with zero attached hydrogens (tertiary/aromatic N) is 2. The van der Waals surface area contributed by atoms with Crippen LogP contribution in [0.4, 0.5) is 0 Å².